The summed E-state index contributed by atoms with van der Waals surface area (Å²) in [5, 5.41) is 2.78. The van der Waals surface area contributed by atoms with Gasteiger partial charge in [-0.1, -0.05) is 28.1 Å². The fraction of sp³-hybridized carbons (Fsp3) is 0.250. The van der Waals surface area contributed by atoms with Gasteiger partial charge in [0.15, 0.2) is 0 Å². The zero-order valence-electron chi connectivity index (χ0n) is 11.8. The first-order valence-electron chi connectivity index (χ1n) is 6.59. The van der Waals surface area contributed by atoms with Crippen LogP contribution in [0.2, 0.25) is 0 Å². The average Bonchev–Trinajstić information content (AvgIpc) is 2.37. The molecule has 2 rings (SSSR count). The topological polar surface area (TPSA) is 21.3 Å². The van der Waals surface area contributed by atoms with Crippen LogP contribution in [-0.2, 0) is 6.54 Å². The summed E-state index contributed by atoms with van der Waals surface area (Å²) in [5.74, 6) is -0.519. The lowest BCUT2D eigenvalue weighted by Crippen LogP contribution is -2.07. The van der Waals surface area contributed by atoms with Crippen molar-refractivity contribution >= 4 is 21.6 Å². The molecule has 0 unspecified atom stereocenters. The number of halogens is 3. The molecule has 2 nitrogen and oxygen atoms in total. The summed E-state index contributed by atoms with van der Waals surface area (Å²) in [5.41, 5.74) is 0.753. The predicted octanol–water partition coefficient (Wildman–Crippen LogP) is 5.13. The van der Waals surface area contributed by atoms with E-state index in [0.29, 0.717) is 11.0 Å². The molecule has 0 saturated carbocycles. The van der Waals surface area contributed by atoms with Crippen LogP contribution < -0.4 is 10.1 Å². The Labute approximate surface area is 131 Å². The van der Waals surface area contributed by atoms with E-state index >= 15 is 0 Å². The summed E-state index contributed by atoms with van der Waals surface area (Å²) in [6.45, 7) is 4.19. The fourth-order valence-electron chi connectivity index (χ4n) is 1.90. The molecule has 5 heteroatoms. The standard InChI is InChI=1S/C16H16BrF2NO/c1-10(2)21-13-5-3-4-11(6-13)9-20-16-14(18)7-12(17)8-15(16)19/h3-8,10,20H,9H2,1-2H3. The SMILES string of the molecule is CC(C)Oc1cccc(CNc2c(F)cc(Br)cc2F)c1. The number of benzene rings is 2. The molecule has 1 N–H and O–H groups in total. The Balaban J connectivity index is 2.10. The van der Waals surface area contributed by atoms with Gasteiger partial charge in [-0.15, -0.1) is 0 Å². The van der Waals surface area contributed by atoms with Crippen LogP contribution in [0.15, 0.2) is 40.9 Å². The van der Waals surface area contributed by atoms with Crippen molar-refractivity contribution in [1.82, 2.24) is 0 Å². The number of nitrogens with one attached hydrogen (secondary N) is 1. The lowest BCUT2D eigenvalue weighted by Gasteiger charge is -2.12. The maximum absolute atomic E-state index is 13.7. The molecule has 2 aromatic rings. The number of hydrogen-bond donors (Lipinski definition) is 1. The zero-order chi connectivity index (χ0) is 15.4. The highest BCUT2D eigenvalue weighted by Gasteiger charge is 2.10. The molecule has 0 fully saturated rings. The van der Waals surface area contributed by atoms with E-state index in [2.05, 4.69) is 21.2 Å². The lowest BCUT2D eigenvalue weighted by atomic mass is 10.2. The van der Waals surface area contributed by atoms with Gasteiger partial charge >= 0.3 is 0 Å². The van der Waals surface area contributed by atoms with E-state index in [1.807, 2.05) is 38.1 Å². The van der Waals surface area contributed by atoms with Crippen LogP contribution in [0, 0.1) is 11.6 Å². The van der Waals surface area contributed by atoms with Gasteiger partial charge in [0.05, 0.1) is 6.10 Å². The third-order valence-corrected chi connectivity index (χ3v) is 3.20. The Morgan fingerprint density at radius 3 is 2.43 bits per heavy atom. The first kappa shape index (κ1) is 15.8. The van der Waals surface area contributed by atoms with Gasteiger partial charge in [0.1, 0.15) is 23.1 Å². The maximum atomic E-state index is 13.7. The van der Waals surface area contributed by atoms with Crippen LogP contribution >= 0.6 is 15.9 Å². The van der Waals surface area contributed by atoms with E-state index in [1.165, 1.54) is 12.1 Å². The predicted molar refractivity (Wildman–Crippen MR) is 83.6 cm³/mol. The summed E-state index contributed by atoms with van der Waals surface area (Å²) in [6, 6.07) is 9.87. The monoisotopic (exact) mass is 355 g/mol. The molecule has 0 radical (unpaired) electrons. The molecule has 0 spiro atoms. The molecule has 0 aliphatic rings. The van der Waals surface area contributed by atoms with Crippen molar-refractivity contribution in [3.05, 3.63) is 58.1 Å². The molecule has 0 amide bonds. The third-order valence-electron chi connectivity index (χ3n) is 2.75. The molecule has 0 bridgehead atoms. The highest BCUT2D eigenvalue weighted by atomic mass is 79.9. The Kier molecular flexibility index (Phi) is 5.17. The smallest absolute Gasteiger partial charge is 0.150 e. The number of anilines is 1. The molecule has 0 aromatic heterocycles. The van der Waals surface area contributed by atoms with Crippen molar-refractivity contribution in [3.63, 3.8) is 0 Å². The van der Waals surface area contributed by atoms with Gasteiger partial charge in [0.2, 0.25) is 0 Å². The minimum atomic E-state index is -0.628. The van der Waals surface area contributed by atoms with Crippen LogP contribution in [0.3, 0.4) is 0 Å². The normalized spacial score (nSPS) is 10.8. The van der Waals surface area contributed by atoms with E-state index in [-0.39, 0.29) is 11.8 Å². The second kappa shape index (κ2) is 6.89. The summed E-state index contributed by atoms with van der Waals surface area (Å²) in [7, 11) is 0. The van der Waals surface area contributed by atoms with Gasteiger partial charge in [0.25, 0.3) is 0 Å². The Hall–Kier alpha value is -1.62. The van der Waals surface area contributed by atoms with Crippen molar-refractivity contribution < 1.29 is 13.5 Å². The largest absolute Gasteiger partial charge is 0.491 e. The molecule has 21 heavy (non-hydrogen) atoms. The van der Waals surface area contributed by atoms with Crippen molar-refractivity contribution in [1.29, 1.82) is 0 Å². The van der Waals surface area contributed by atoms with Crippen LogP contribution in [-0.4, -0.2) is 6.10 Å². The van der Waals surface area contributed by atoms with Crippen LogP contribution in [0.4, 0.5) is 14.5 Å². The lowest BCUT2D eigenvalue weighted by molar-refractivity contribution is 0.242. The van der Waals surface area contributed by atoms with Crippen molar-refractivity contribution in [2.75, 3.05) is 5.32 Å². The van der Waals surface area contributed by atoms with Gasteiger partial charge in [0, 0.05) is 11.0 Å². The van der Waals surface area contributed by atoms with Gasteiger partial charge in [-0.05, 0) is 43.7 Å². The second-order valence-corrected chi connectivity index (χ2v) is 5.83. The Morgan fingerprint density at radius 1 is 1.14 bits per heavy atom. The third kappa shape index (κ3) is 4.43. The first-order chi connectivity index (χ1) is 9.95. The van der Waals surface area contributed by atoms with Gasteiger partial charge in [-0.2, -0.15) is 0 Å². The molecular formula is C16H16BrF2NO. The molecule has 0 aliphatic heterocycles. The van der Waals surface area contributed by atoms with Crippen molar-refractivity contribution in [2.24, 2.45) is 0 Å². The van der Waals surface area contributed by atoms with Crippen LogP contribution in [0.1, 0.15) is 19.4 Å². The molecule has 0 heterocycles. The summed E-state index contributed by atoms with van der Waals surface area (Å²) in [4.78, 5) is 0. The second-order valence-electron chi connectivity index (χ2n) is 4.91. The summed E-state index contributed by atoms with van der Waals surface area (Å²) in [6.07, 6.45) is 0.0783. The average molecular weight is 356 g/mol. The van der Waals surface area contributed by atoms with E-state index < -0.39 is 11.6 Å². The van der Waals surface area contributed by atoms with Crippen LogP contribution in [0.25, 0.3) is 0 Å². The summed E-state index contributed by atoms with van der Waals surface area (Å²) >= 11 is 3.05. The first-order valence-corrected chi connectivity index (χ1v) is 7.39. The van der Waals surface area contributed by atoms with Gasteiger partial charge < -0.3 is 10.1 Å². The molecule has 0 aliphatic carbocycles. The quantitative estimate of drug-likeness (QED) is 0.802. The number of rotatable bonds is 5. The van der Waals surface area contributed by atoms with Crippen molar-refractivity contribution in [3.8, 4) is 5.75 Å². The maximum Gasteiger partial charge on any atom is 0.150 e. The van der Waals surface area contributed by atoms with E-state index in [0.717, 1.165) is 11.3 Å². The molecule has 0 saturated heterocycles. The highest BCUT2D eigenvalue weighted by Crippen LogP contribution is 2.24. The molecule has 2 aromatic carbocycles. The van der Waals surface area contributed by atoms with E-state index in [1.54, 1.807) is 0 Å². The Morgan fingerprint density at radius 2 is 1.81 bits per heavy atom. The molecular weight excluding hydrogens is 340 g/mol. The van der Waals surface area contributed by atoms with E-state index in [4.69, 9.17) is 4.74 Å². The fourth-order valence-corrected chi connectivity index (χ4v) is 2.30. The van der Waals surface area contributed by atoms with Crippen LogP contribution in [0.5, 0.6) is 5.75 Å². The number of ether oxygens (including phenoxy) is 1. The minimum Gasteiger partial charge on any atom is -0.491 e. The minimum absolute atomic E-state index is 0.0783. The van der Waals surface area contributed by atoms with E-state index in [9.17, 15) is 8.78 Å². The van der Waals surface area contributed by atoms with Gasteiger partial charge in [-0.25, -0.2) is 8.78 Å². The Bertz CT molecular complexity index is 608. The van der Waals surface area contributed by atoms with Crippen molar-refractivity contribution in [2.45, 2.75) is 26.5 Å². The molecule has 0 atom stereocenters. The highest BCUT2D eigenvalue weighted by molar-refractivity contribution is 9.10. The number of hydrogen-bond acceptors (Lipinski definition) is 2. The zero-order valence-corrected chi connectivity index (χ0v) is 13.4. The molecule has 112 valence electrons. The summed E-state index contributed by atoms with van der Waals surface area (Å²) < 4.78 is 33.4. The van der Waals surface area contributed by atoms with Gasteiger partial charge in [-0.3, -0.25) is 0 Å².